The van der Waals surface area contributed by atoms with E-state index in [2.05, 4.69) is 0 Å². The standard InChI is InChI=1S/C17H22FNO3/c1-11(2)9-13(10-20)16(17(21)22)19(12(3)4)15-7-5-14(18)6-8-15/h5-8,11-12,16H,9H2,1-4H3,(H,21,22). The van der Waals surface area contributed by atoms with Gasteiger partial charge in [-0.3, -0.25) is 0 Å². The van der Waals surface area contributed by atoms with Gasteiger partial charge in [-0.2, -0.15) is 0 Å². The fourth-order valence-electron chi connectivity index (χ4n) is 2.44. The van der Waals surface area contributed by atoms with E-state index in [4.69, 9.17) is 0 Å². The number of anilines is 1. The minimum Gasteiger partial charge on any atom is -0.479 e. The van der Waals surface area contributed by atoms with Crippen LogP contribution in [-0.4, -0.2) is 29.1 Å². The van der Waals surface area contributed by atoms with Gasteiger partial charge >= 0.3 is 5.97 Å². The Balaban J connectivity index is 3.31. The van der Waals surface area contributed by atoms with E-state index in [0.717, 1.165) is 0 Å². The number of hydrogen-bond donors (Lipinski definition) is 1. The van der Waals surface area contributed by atoms with Gasteiger partial charge in [-0.1, -0.05) is 13.8 Å². The Morgan fingerprint density at radius 3 is 2.14 bits per heavy atom. The fourth-order valence-corrected chi connectivity index (χ4v) is 2.44. The zero-order valence-corrected chi connectivity index (χ0v) is 13.3. The van der Waals surface area contributed by atoms with Crippen molar-refractivity contribution in [3.63, 3.8) is 0 Å². The topological polar surface area (TPSA) is 57.6 Å². The molecular formula is C17H22FNO3. The summed E-state index contributed by atoms with van der Waals surface area (Å²) in [6.07, 6.45) is 0.352. The summed E-state index contributed by atoms with van der Waals surface area (Å²) in [5, 5.41) is 9.61. The number of benzene rings is 1. The summed E-state index contributed by atoms with van der Waals surface area (Å²) in [7, 11) is 0. The van der Waals surface area contributed by atoms with Gasteiger partial charge in [0.25, 0.3) is 0 Å². The first-order chi connectivity index (χ1) is 10.3. The minimum atomic E-state index is -1.11. The van der Waals surface area contributed by atoms with Crippen molar-refractivity contribution in [2.45, 2.75) is 46.2 Å². The van der Waals surface area contributed by atoms with Gasteiger partial charge in [0.1, 0.15) is 11.8 Å². The molecule has 0 saturated heterocycles. The summed E-state index contributed by atoms with van der Waals surface area (Å²) in [6.45, 7) is 7.48. The number of carbonyl (C=O) groups excluding carboxylic acids is 1. The van der Waals surface area contributed by atoms with Gasteiger partial charge in [0.2, 0.25) is 0 Å². The molecule has 5 heteroatoms. The second kappa shape index (κ2) is 7.76. The first-order valence-corrected chi connectivity index (χ1v) is 7.28. The van der Waals surface area contributed by atoms with Crippen molar-refractivity contribution in [3.8, 4) is 0 Å². The molecule has 1 unspecified atom stereocenters. The molecule has 1 N–H and O–H groups in total. The highest BCUT2D eigenvalue weighted by Crippen LogP contribution is 2.26. The van der Waals surface area contributed by atoms with E-state index in [0.29, 0.717) is 12.1 Å². The van der Waals surface area contributed by atoms with E-state index in [1.807, 2.05) is 27.7 Å². The number of nitrogens with zero attached hydrogens (tertiary/aromatic N) is 1. The van der Waals surface area contributed by atoms with Crippen molar-refractivity contribution in [2.75, 3.05) is 4.90 Å². The van der Waals surface area contributed by atoms with Crippen molar-refractivity contribution < 1.29 is 19.1 Å². The van der Waals surface area contributed by atoms with Gasteiger partial charge in [0.05, 0.1) is 0 Å². The fraction of sp³-hybridized carbons (Fsp3) is 0.471. The third kappa shape index (κ3) is 4.43. The zero-order chi connectivity index (χ0) is 16.9. The van der Waals surface area contributed by atoms with E-state index >= 15 is 0 Å². The van der Waals surface area contributed by atoms with E-state index in [9.17, 15) is 19.1 Å². The second-order valence-electron chi connectivity index (χ2n) is 5.94. The molecule has 0 fully saturated rings. The maximum Gasteiger partial charge on any atom is 0.331 e. The van der Waals surface area contributed by atoms with Crippen LogP contribution < -0.4 is 4.90 Å². The molecule has 0 radical (unpaired) electrons. The molecule has 0 bridgehead atoms. The van der Waals surface area contributed by atoms with Crippen LogP contribution in [0.4, 0.5) is 10.1 Å². The third-order valence-electron chi connectivity index (χ3n) is 3.28. The predicted molar refractivity (Wildman–Crippen MR) is 84.1 cm³/mol. The average Bonchev–Trinajstić information content (AvgIpc) is 2.42. The van der Waals surface area contributed by atoms with Crippen molar-refractivity contribution in [1.29, 1.82) is 0 Å². The third-order valence-corrected chi connectivity index (χ3v) is 3.28. The molecule has 1 aromatic rings. The van der Waals surface area contributed by atoms with Crippen LogP contribution >= 0.6 is 0 Å². The van der Waals surface area contributed by atoms with Gasteiger partial charge < -0.3 is 10.0 Å². The number of hydrogen-bond acceptors (Lipinski definition) is 3. The highest BCUT2D eigenvalue weighted by atomic mass is 19.1. The van der Waals surface area contributed by atoms with Crippen molar-refractivity contribution >= 4 is 17.6 Å². The molecule has 1 rings (SSSR count). The number of halogens is 1. The zero-order valence-electron chi connectivity index (χ0n) is 13.3. The van der Waals surface area contributed by atoms with Gasteiger partial charge in [0, 0.05) is 17.3 Å². The number of rotatable bonds is 7. The van der Waals surface area contributed by atoms with Crippen LogP contribution in [0.2, 0.25) is 0 Å². The minimum absolute atomic E-state index is 0.139. The van der Waals surface area contributed by atoms with Crippen molar-refractivity contribution in [1.82, 2.24) is 0 Å². The molecule has 1 atom stereocenters. The Morgan fingerprint density at radius 2 is 1.77 bits per heavy atom. The molecule has 22 heavy (non-hydrogen) atoms. The van der Waals surface area contributed by atoms with Crippen LogP contribution in [0.3, 0.4) is 0 Å². The van der Waals surface area contributed by atoms with Gasteiger partial charge in [-0.25, -0.2) is 14.0 Å². The first kappa shape index (κ1) is 17.9. The van der Waals surface area contributed by atoms with E-state index in [-0.39, 0.29) is 17.5 Å². The Bertz CT molecular complexity index is 560. The maximum absolute atomic E-state index is 13.1. The Labute approximate surface area is 130 Å². The molecule has 0 saturated carbocycles. The molecule has 4 nitrogen and oxygen atoms in total. The van der Waals surface area contributed by atoms with Crippen LogP contribution in [-0.2, 0) is 9.59 Å². The van der Waals surface area contributed by atoms with Crippen molar-refractivity contribution in [2.24, 2.45) is 5.92 Å². The molecule has 0 aliphatic rings. The molecule has 1 aromatic carbocycles. The van der Waals surface area contributed by atoms with Crippen LogP contribution in [0.1, 0.15) is 34.1 Å². The molecule has 0 aliphatic carbocycles. The molecular weight excluding hydrogens is 285 g/mol. The smallest absolute Gasteiger partial charge is 0.331 e. The summed E-state index contributed by atoms with van der Waals surface area (Å²) < 4.78 is 13.1. The highest BCUT2D eigenvalue weighted by molar-refractivity contribution is 5.85. The van der Waals surface area contributed by atoms with Crippen LogP contribution in [0.15, 0.2) is 29.8 Å². The summed E-state index contributed by atoms with van der Waals surface area (Å²) in [4.78, 5) is 24.6. The van der Waals surface area contributed by atoms with Crippen LogP contribution in [0.25, 0.3) is 0 Å². The quantitative estimate of drug-likeness (QED) is 0.785. The van der Waals surface area contributed by atoms with E-state index < -0.39 is 17.8 Å². The van der Waals surface area contributed by atoms with Crippen LogP contribution in [0, 0.1) is 11.7 Å². The molecule has 0 spiro atoms. The Morgan fingerprint density at radius 1 is 1.23 bits per heavy atom. The molecule has 120 valence electrons. The lowest BCUT2D eigenvalue weighted by Crippen LogP contribution is -2.47. The number of carboxylic acids is 1. The second-order valence-corrected chi connectivity index (χ2v) is 5.94. The normalized spacial score (nSPS) is 12.1. The molecule has 0 amide bonds. The highest BCUT2D eigenvalue weighted by Gasteiger charge is 2.32. The monoisotopic (exact) mass is 307 g/mol. The lowest BCUT2D eigenvalue weighted by molar-refractivity contribution is -0.137. The van der Waals surface area contributed by atoms with E-state index in [1.165, 1.54) is 24.3 Å². The van der Waals surface area contributed by atoms with E-state index in [1.54, 1.807) is 10.8 Å². The maximum atomic E-state index is 13.1. The summed E-state index contributed by atoms with van der Waals surface area (Å²) in [5.74, 6) is 0.431. The summed E-state index contributed by atoms with van der Waals surface area (Å²) in [6, 6.07) is 4.30. The lowest BCUT2D eigenvalue weighted by atomic mass is 9.95. The van der Waals surface area contributed by atoms with Gasteiger partial charge in [-0.15, -0.1) is 0 Å². The molecule has 0 heterocycles. The SMILES string of the molecule is CC(C)CC(=C=O)C(C(=O)O)N(c1ccc(F)cc1)C(C)C. The predicted octanol–water partition coefficient (Wildman–Crippen LogP) is 3.30. The lowest BCUT2D eigenvalue weighted by Gasteiger charge is -2.35. The Hall–Kier alpha value is -2.13. The number of aliphatic carboxylic acids is 1. The first-order valence-electron chi connectivity index (χ1n) is 7.28. The number of carboxylic acid groups (broad SMARTS) is 1. The van der Waals surface area contributed by atoms with Gasteiger partial charge in [-0.05, 0) is 50.5 Å². The van der Waals surface area contributed by atoms with Crippen molar-refractivity contribution in [3.05, 3.63) is 35.7 Å². The van der Waals surface area contributed by atoms with Gasteiger partial charge in [0.15, 0.2) is 6.04 Å². The average molecular weight is 307 g/mol. The Kier molecular flexibility index (Phi) is 6.32. The summed E-state index contributed by atoms with van der Waals surface area (Å²) in [5.41, 5.74) is 0.751. The largest absolute Gasteiger partial charge is 0.479 e. The number of carbonyl (C=O) groups is 1. The summed E-state index contributed by atoms with van der Waals surface area (Å²) >= 11 is 0. The molecule has 0 aromatic heterocycles. The molecule has 0 aliphatic heterocycles. The van der Waals surface area contributed by atoms with Crippen LogP contribution in [0.5, 0.6) is 0 Å².